The number of benzene rings is 3. The van der Waals surface area contributed by atoms with E-state index in [1.165, 1.54) is 0 Å². The van der Waals surface area contributed by atoms with E-state index in [9.17, 15) is 4.79 Å². The summed E-state index contributed by atoms with van der Waals surface area (Å²) in [4.78, 5) is 12.6. The third-order valence-electron chi connectivity index (χ3n) is 5.21. The number of rotatable bonds is 5. The lowest BCUT2D eigenvalue weighted by Gasteiger charge is -2.17. The molecule has 5 heteroatoms. The predicted octanol–water partition coefficient (Wildman–Crippen LogP) is 4.90. The van der Waals surface area contributed by atoms with Crippen molar-refractivity contribution in [2.75, 3.05) is 7.05 Å². The van der Waals surface area contributed by atoms with E-state index >= 15 is 0 Å². The van der Waals surface area contributed by atoms with Crippen molar-refractivity contribution in [1.82, 2.24) is 15.5 Å². The molecule has 30 heavy (non-hydrogen) atoms. The molecule has 3 aromatic carbocycles. The topological polar surface area (TPSA) is 68.0 Å². The molecule has 1 aromatic heterocycles. The number of nitrogens with one attached hydrogen (secondary N) is 1. The molecule has 150 valence electrons. The number of carbonyl (C=O) groups excluding carboxylic acids is 1. The van der Waals surface area contributed by atoms with E-state index in [2.05, 4.69) is 46.7 Å². The Kier molecular flexibility index (Phi) is 5.44. The smallest absolute Gasteiger partial charge is 0.247 e. The second-order valence-corrected chi connectivity index (χ2v) is 7.24. The van der Waals surface area contributed by atoms with E-state index in [1.54, 1.807) is 14.0 Å². The first-order valence-electron chi connectivity index (χ1n) is 9.85. The number of aromatic nitrogens is 2. The molecule has 1 N–H and O–H groups in total. The van der Waals surface area contributed by atoms with Gasteiger partial charge in [0.2, 0.25) is 17.7 Å². The normalized spacial score (nSPS) is 11.8. The summed E-state index contributed by atoms with van der Waals surface area (Å²) < 4.78 is 5.57. The summed E-state index contributed by atoms with van der Waals surface area (Å²) in [5.74, 6) is 0.671. The van der Waals surface area contributed by atoms with Crippen LogP contribution < -0.4 is 5.32 Å². The summed E-state index contributed by atoms with van der Waals surface area (Å²) in [7, 11) is 1.67. The fourth-order valence-corrected chi connectivity index (χ4v) is 3.62. The van der Waals surface area contributed by atoms with Crippen molar-refractivity contribution in [2.24, 2.45) is 0 Å². The highest BCUT2D eigenvalue weighted by Crippen LogP contribution is 2.31. The van der Waals surface area contributed by atoms with E-state index in [-0.39, 0.29) is 11.8 Å². The molecule has 0 fully saturated rings. The van der Waals surface area contributed by atoms with Gasteiger partial charge in [-0.15, -0.1) is 10.2 Å². The number of carbonyl (C=O) groups is 1. The predicted molar refractivity (Wildman–Crippen MR) is 117 cm³/mol. The van der Waals surface area contributed by atoms with Gasteiger partial charge in [0.05, 0.1) is 5.92 Å². The molecule has 0 bridgehead atoms. The third-order valence-corrected chi connectivity index (χ3v) is 5.21. The Hall–Kier alpha value is -3.73. The van der Waals surface area contributed by atoms with Crippen molar-refractivity contribution in [2.45, 2.75) is 19.8 Å². The second-order valence-electron chi connectivity index (χ2n) is 7.24. The van der Waals surface area contributed by atoms with Crippen LogP contribution >= 0.6 is 0 Å². The van der Waals surface area contributed by atoms with E-state index < -0.39 is 0 Å². The minimum atomic E-state index is -0.348. The number of hydrogen-bond acceptors (Lipinski definition) is 4. The van der Waals surface area contributed by atoms with Crippen LogP contribution in [-0.4, -0.2) is 23.2 Å². The molecule has 4 rings (SSSR count). The minimum absolute atomic E-state index is 0.0288. The van der Waals surface area contributed by atoms with E-state index in [4.69, 9.17) is 4.42 Å². The standard InChI is InChI=1S/C25H23N3O2/c1-16-9-10-21(25-28-27-17(2)30-25)15-22(16)18-11-13-20(14-12-18)23(24(29)26-3)19-7-5-4-6-8-19/h4-15,23H,1-3H3,(H,26,29). The van der Waals surface area contributed by atoms with Crippen molar-refractivity contribution in [1.29, 1.82) is 0 Å². The SMILES string of the molecule is CNC(=O)C(c1ccccc1)c1ccc(-c2cc(-c3nnc(C)o3)ccc2C)cc1. The van der Waals surface area contributed by atoms with Gasteiger partial charge in [-0.05, 0) is 46.9 Å². The van der Waals surface area contributed by atoms with Gasteiger partial charge in [-0.2, -0.15) is 0 Å². The first-order chi connectivity index (χ1) is 14.6. The van der Waals surface area contributed by atoms with Crippen LogP contribution in [0.3, 0.4) is 0 Å². The molecular weight excluding hydrogens is 374 g/mol. The molecule has 0 saturated heterocycles. The van der Waals surface area contributed by atoms with Gasteiger partial charge in [-0.3, -0.25) is 4.79 Å². The summed E-state index contributed by atoms with van der Waals surface area (Å²) >= 11 is 0. The van der Waals surface area contributed by atoms with Gasteiger partial charge in [0.1, 0.15) is 0 Å². The molecule has 0 aliphatic heterocycles. The molecule has 0 aliphatic rings. The maximum atomic E-state index is 12.6. The number of likely N-dealkylation sites (N-methyl/N-ethyl adjacent to an activating group) is 1. The Morgan fingerprint density at radius 1 is 0.867 bits per heavy atom. The van der Waals surface area contributed by atoms with Gasteiger partial charge in [0, 0.05) is 19.5 Å². The van der Waals surface area contributed by atoms with Crippen LogP contribution in [0.15, 0.2) is 77.2 Å². The van der Waals surface area contributed by atoms with Crippen molar-refractivity contribution >= 4 is 5.91 Å². The van der Waals surface area contributed by atoms with Crippen molar-refractivity contribution in [3.63, 3.8) is 0 Å². The lowest BCUT2D eigenvalue weighted by atomic mass is 9.89. The molecule has 0 aliphatic carbocycles. The summed E-state index contributed by atoms with van der Waals surface area (Å²) in [6, 6.07) is 24.1. The molecule has 4 aromatic rings. The monoisotopic (exact) mass is 397 g/mol. The average molecular weight is 397 g/mol. The van der Waals surface area contributed by atoms with Crippen molar-refractivity contribution in [3.05, 3.63) is 95.4 Å². The summed E-state index contributed by atoms with van der Waals surface area (Å²) in [5.41, 5.74) is 6.10. The Morgan fingerprint density at radius 3 is 2.17 bits per heavy atom. The average Bonchev–Trinajstić information content (AvgIpc) is 3.22. The first kappa shape index (κ1) is 19.6. The molecule has 0 spiro atoms. The van der Waals surface area contributed by atoms with Crippen molar-refractivity contribution < 1.29 is 9.21 Å². The van der Waals surface area contributed by atoms with E-state index in [1.807, 2.05) is 48.5 Å². The Bertz CT molecular complexity index is 1160. The molecule has 5 nitrogen and oxygen atoms in total. The van der Waals surface area contributed by atoms with Gasteiger partial charge in [-0.1, -0.05) is 60.7 Å². The molecule has 0 radical (unpaired) electrons. The summed E-state index contributed by atoms with van der Waals surface area (Å²) in [6.07, 6.45) is 0. The zero-order valence-corrected chi connectivity index (χ0v) is 17.2. The van der Waals surface area contributed by atoms with Crippen LogP contribution in [0.2, 0.25) is 0 Å². The molecular formula is C25H23N3O2. The van der Waals surface area contributed by atoms with Crippen LogP contribution in [0.25, 0.3) is 22.6 Å². The quantitative estimate of drug-likeness (QED) is 0.520. The molecule has 1 amide bonds. The number of aryl methyl sites for hydroxylation is 2. The minimum Gasteiger partial charge on any atom is -0.421 e. The maximum absolute atomic E-state index is 12.6. The highest BCUT2D eigenvalue weighted by Gasteiger charge is 2.21. The van der Waals surface area contributed by atoms with Gasteiger partial charge < -0.3 is 9.73 Å². The Labute approximate surface area is 175 Å². The number of hydrogen-bond donors (Lipinski definition) is 1. The van der Waals surface area contributed by atoms with Crippen LogP contribution in [0.4, 0.5) is 0 Å². The molecule has 1 heterocycles. The number of amides is 1. The lowest BCUT2D eigenvalue weighted by molar-refractivity contribution is -0.121. The maximum Gasteiger partial charge on any atom is 0.247 e. The lowest BCUT2D eigenvalue weighted by Crippen LogP contribution is -2.26. The number of nitrogens with zero attached hydrogens (tertiary/aromatic N) is 2. The van der Waals surface area contributed by atoms with E-state index in [0.29, 0.717) is 11.8 Å². The Balaban J connectivity index is 1.70. The molecule has 1 atom stereocenters. The van der Waals surface area contributed by atoms with Gasteiger partial charge in [0.25, 0.3) is 0 Å². The van der Waals surface area contributed by atoms with E-state index in [0.717, 1.165) is 33.4 Å². The van der Waals surface area contributed by atoms with Crippen molar-refractivity contribution in [3.8, 4) is 22.6 Å². The second kappa shape index (κ2) is 8.33. The fourth-order valence-electron chi connectivity index (χ4n) is 3.62. The Morgan fingerprint density at radius 2 is 1.53 bits per heavy atom. The first-order valence-corrected chi connectivity index (χ1v) is 9.85. The highest BCUT2D eigenvalue weighted by atomic mass is 16.4. The van der Waals surface area contributed by atoms with Crippen LogP contribution in [-0.2, 0) is 4.79 Å². The highest BCUT2D eigenvalue weighted by molar-refractivity contribution is 5.87. The van der Waals surface area contributed by atoms with Crippen LogP contribution in [0.5, 0.6) is 0 Å². The van der Waals surface area contributed by atoms with Gasteiger partial charge >= 0.3 is 0 Å². The van der Waals surface area contributed by atoms with Gasteiger partial charge in [-0.25, -0.2) is 0 Å². The molecule has 1 unspecified atom stereocenters. The largest absolute Gasteiger partial charge is 0.421 e. The molecule has 0 saturated carbocycles. The third kappa shape index (κ3) is 3.87. The summed E-state index contributed by atoms with van der Waals surface area (Å²) in [5, 5.41) is 10.8. The summed E-state index contributed by atoms with van der Waals surface area (Å²) in [6.45, 7) is 3.85. The fraction of sp³-hybridized carbons (Fsp3) is 0.160. The van der Waals surface area contributed by atoms with Crippen LogP contribution in [0.1, 0.15) is 28.5 Å². The van der Waals surface area contributed by atoms with Crippen LogP contribution in [0, 0.1) is 13.8 Å². The zero-order valence-electron chi connectivity index (χ0n) is 17.2. The zero-order chi connectivity index (χ0) is 21.1. The van der Waals surface area contributed by atoms with Gasteiger partial charge in [0.15, 0.2) is 0 Å².